The molecule has 0 fully saturated rings. The summed E-state index contributed by atoms with van der Waals surface area (Å²) in [7, 11) is 0. The zero-order valence-electron chi connectivity index (χ0n) is 11.0. The van der Waals surface area contributed by atoms with Gasteiger partial charge in [-0.15, -0.1) is 0 Å². The molecule has 0 atom stereocenters. The molecule has 0 saturated carbocycles. The smallest absolute Gasteiger partial charge is 0.344 e. The molecule has 2 N–H and O–H groups in total. The van der Waals surface area contributed by atoms with Crippen molar-refractivity contribution in [2.75, 3.05) is 18.9 Å². The lowest BCUT2D eigenvalue weighted by Crippen LogP contribution is -2.16. The van der Waals surface area contributed by atoms with Crippen molar-refractivity contribution >= 4 is 11.7 Å². The van der Waals surface area contributed by atoms with Gasteiger partial charge in [-0.25, -0.2) is 4.79 Å². The van der Waals surface area contributed by atoms with Gasteiger partial charge in [0, 0.05) is 30.6 Å². The molecule has 1 heterocycles. The van der Waals surface area contributed by atoms with Crippen LogP contribution in [0.25, 0.3) is 0 Å². The van der Waals surface area contributed by atoms with Crippen LogP contribution < -0.4 is 10.5 Å². The lowest BCUT2D eigenvalue weighted by Gasteiger charge is -2.07. The Balaban J connectivity index is 1.68. The third-order valence-electron chi connectivity index (χ3n) is 2.62. The fourth-order valence-corrected chi connectivity index (χ4v) is 1.62. The minimum absolute atomic E-state index is 0.125. The molecule has 0 bridgehead atoms. The Morgan fingerprint density at radius 2 is 2.00 bits per heavy atom. The Morgan fingerprint density at radius 1 is 1.20 bits per heavy atom. The zero-order valence-corrected chi connectivity index (χ0v) is 11.0. The average molecular weight is 272 g/mol. The highest BCUT2D eigenvalue weighted by atomic mass is 16.6. The number of hydrogen-bond acceptors (Lipinski definition) is 5. The maximum Gasteiger partial charge on any atom is 0.344 e. The molecule has 0 unspecified atom stereocenters. The van der Waals surface area contributed by atoms with E-state index in [9.17, 15) is 4.79 Å². The second kappa shape index (κ2) is 7.13. The summed E-state index contributed by atoms with van der Waals surface area (Å²) < 4.78 is 10.4. The van der Waals surface area contributed by atoms with Gasteiger partial charge in [0.25, 0.3) is 0 Å². The van der Waals surface area contributed by atoms with Crippen LogP contribution in [0.4, 0.5) is 5.69 Å². The van der Waals surface area contributed by atoms with Crippen LogP contribution in [0.2, 0.25) is 0 Å². The van der Waals surface area contributed by atoms with Crippen LogP contribution in [0.1, 0.15) is 5.56 Å². The molecular weight excluding hydrogens is 256 g/mol. The van der Waals surface area contributed by atoms with E-state index < -0.39 is 5.97 Å². The first-order valence-electron chi connectivity index (χ1n) is 6.27. The second-order valence-corrected chi connectivity index (χ2v) is 4.19. The zero-order chi connectivity index (χ0) is 14.2. The first-order chi connectivity index (χ1) is 9.74. The van der Waals surface area contributed by atoms with Crippen molar-refractivity contribution in [3.05, 3.63) is 54.4 Å². The van der Waals surface area contributed by atoms with Crippen molar-refractivity contribution in [3.63, 3.8) is 0 Å². The molecule has 0 amide bonds. The van der Waals surface area contributed by atoms with Crippen LogP contribution in [-0.4, -0.2) is 24.2 Å². The average Bonchev–Trinajstić information content (AvgIpc) is 2.46. The van der Waals surface area contributed by atoms with Crippen molar-refractivity contribution < 1.29 is 14.3 Å². The molecule has 104 valence electrons. The van der Waals surface area contributed by atoms with Crippen LogP contribution in [0.15, 0.2) is 48.8 Å². The molecule has 0 radical (unpaired) electrons. The molecule has 1 aromatic heterocycles. The number of pyridine rings is 1. The first kappa shape index (κ1) is 13.9. The van der Waals surface area contributed by atoms with E-state index in [2.05, 4.69) is 4.98 Å². The summed E-state index contributed by atoms with van der Waals surface area (Å²) in [5, 5.41) is 0. The van der Waals surface area contributed by atoms with Gasteiger partial charge in [-0.3, -0.25) is 4.98 Å². The van der Waals surface area contributed by atoms with E-state index in [0.29, 0.717) is 24.5 Å². The van der Waals surface area contributed by atoms with Crippen molar-refractivity contribution in [1.29, 1.82) is 0 Å². The highest BCUT2D eigenvalue weighted by Crippen LogP contribution is 2.14. The Bertz CT molecular complexity index is 558. The van der Waals surface area contributed by atoms with Gasteiger partial charge >= 0.3 is 5.97 Å². The molecule has 1 aromatic carbocycles. The third-order valence-corrected chi connectivity index (χ3v) is 2.62. The number of benzene rings is 1. The Labute approximate surface area is 117 Å². The molecule has 0 aliphatic carbocycles. The molecule has 0 aliphatic rings. The number of hydrogen-bond donors (Lipinski definition) is 1. The maximum absolute atomic E-state index is 11.5. The molecule has 2 rings (SSSR count). The number of carbonyl (C=O) groups is 1. The van der Waals surface area contributed by atoms with E-state index in [1.165, 1.54) is 0 Å². The SMILES string of the molecule is Nc1cccc(OCC(=O)OCCc2ccncc2)c1. The van der Waals surface area contributed by atoms with Crippen molar-refractivity contribution in [3.8, 4) is 5.75 Å². The molecule has 20 heavy (non-hydrogen) atoms. The van der Waals surface area contributed by atoms with Crippen LogP contribution >= 0.6 is 0 Å². The molecule has 2 aromatic rings. The van der Waals surface area contributed by atoms with E-state index in [1.54, 1.807) is 36.7 Å². The van der Waals surface area contributed by atoms with Crippen LogP contribution in [-0.2, 0) is 16.0 Å². The van der Waals surface area contributed by atoms with Crippen LogP contribution in [0.3, 0.4) is 0 Å². The normalized spacial score (nSPS) is 10.0. The van der Waals surface area contributed by atoms with Gasteiger partial charge < -0.3 is 15.2 Å². The summed E-state index contributed by atoms with van der Waals surface area (Å²) in [6, 6.07) is 10.7. The quantitative estimate of drug-likeness (QED) is 0.641. The highest BCUT2D eigenvalue weighted by molar-refractivity contribution is 5.71. The maximum atomic E-state index is 11.5. The van der Waals surface area contributed by atoms with Gasteiger partial charge in [0.05, 0.1) is 6.61 Å². The summed E-state index contributed by atoms with van der Waals surface area (Å²) in [6.07, 6.45) is 4.08. The van der Waals surface area contributed by atoms with Gasteiger partial charge in [0.15, 0.2) is 6.61 Å². The Kier molecular flexibility index (Phi) is 4.94. The number of anilines is 1. The van der Waals surface area contributed by atoms with Gasteiger partial charge in [0.2, 0.25) is 0 Å². The minimum Gasteiger partial charge on any atom is -0.482 e. The van der Waals surface area contributed by atoms with E-state index in [0.717, 1.165) is 5.56 Å². The standard InChI is InChI=1S/C15H16N2O3/c16-13-2-1-3-14(10-13)20-11-15(18)19-9-6-12-4-7-17-8-5-12/h1-5,7-8,10H,6,9,11,16H2. The molecular formula is C15H16N2O3. The summed E-state index contributed by atoms with van der Waals surface area (Å²) in [6.45, 7) is 0.197. The van der Waals surface area contributed by atoms with Crippen molar-refractivity contribution in [2.24, 2.45) is 0 Å². The van der Waals surface area contributed by atoms with Crippen molar-refractivity contribution in [1.82, 2.24) is 4.98 Å². The number of rotatable bonds is 6. The summed E-state index contributed by atoms with van der Waals surface area (Å²) >= 11 is 0. The molecule has 5 nitrogen and oxygen atoms in total. The van der Waals surface area contributed by atoms with E-state index >= 15 is 0 Å². The lowest BCUT2D eigenvalue weighted by atomic mass is 10.2. The molecule has 0 spiro atoms. The number of nitrogens with two attached hydrogens (primary N) is 1. The van der Waals surface area contributed by atoms with Crippen molar-refractivity contribution in [2.45, 2.75) is 6.42 Å². The fraction of sp³-hybridized carbons (Fsp3) is 0.200. The Hall–Kier alpha value is -2.56. The lowest BCUT2D eigenvalue weighted by molar-refractivity contribution is -0.145. The summed E-state index contributed by atoms with van der Waals surface area (Å²) in [5.41, 5.74) is 7.27. The van der Waals surface area contributed by atoms with Crippen LogP contribution in [0, 0.1) is 0 Å². The van der Waals surface area contributed by atoms with Gasteiger partial charge in [-0.2, -0.15) is 0 Å². The predicted octanol–water partition coefficient (Wildman–Crippen LogP) is 1.83. The topological polar surface area (TPSA) is 74.4 Å². The van der Waals surface area contributed by atoms with E-state index in [1.807, 2.05) is 12.1 Å². The molecule has 0 aliphatic heterocycles. The third kappa shape index (κ3) is 4.61. The van der Waals surface area contributed by atoms with Gasteiger partial charge in [-0.05, 0) is 29.8 Å². The number of nitrogen functional groups attached to an aromatic ring is 1. The number of carbonyl (C=O) groups excluding carboxylic acids is 1. The van der Waals surface area contributed by atoms with Gasteiger partial charge in [0.1, 0.15) is 5.75 Å². The number of nitrogens with zero attached hydrogens (tertiary/aromatic N) is 1. The van der Waals surface area contributed by atoms with E-state index in [-0.39, 0.29) is 6.61 Å². The second-order valence-electron chi connectivity index (χ2n) is 4.19. The fourth-order valence-electron chi connectivity index (χ4n) is 1.62. The summed E-state index contributed by atoms with van der Waals surface area (Å²) in [5.74, 6) is 0.151. The minimum atomic E-state index is -0.401. The number of ether oxygens (including phenoxy) is 2. The van der Waals surface area contributed by atoms with Gasteiger partial charge in [-0.1, -0.05) is 6.07 Å². The monoisotopic (exact) mass is 272 g/mol. The van der Waals surface area contributed by atoms with E-state index in [4.69, 9.17) is 15.2 Å². The highest BCUT2D eigenvalue weighted by Gasteiger charge is 2.04. The molecule has 0 saturated heterocycles. The Morgan fingerprint density at radius 3 is 2.75 bits per heavy atom. The number of aromatic nitrogens is 1. The predicted molar refractivity (Wildman–Crippen MR) is 75.2 cm³/mol. The summed E-state index contributed by atoms with van der Waals surface area (Å²) in [4.78, 5) is 15.4. The molecule has 5 heteroatoms. The van der Waals surface area contributed by atoms with Crippen LogP contribution in [0.5, 0.6) is 5.75 Å². The first-order valence-corrected chi connectivity index (χ1v) is 6.27. The largest absolute Gasteiger partial charge is 0.482 e. The number of esters is 1.